The summed E-state index contributed by atoms with van der Waals surface area (Å²) in [4.78, 5) is 10.2. The topological polar surface area (TPSA) is 52.4 Å². The van der Waals surface area contributed by atoms with E-state index in [1.54, 1.807) is 19.1 Å². The number of non-ortho nitro benzene ring substituents is 1. The summed E-state index contributed by atoms with van der Waals surface area (Å²) in [6.07, 6.45) is 0. The van der Waals surface area contributed by atoms with E-state index in [0.717, 1.165) is 0 Å². The molecule has 2 rings (SSSR count). The lowest BCUT2D eigenvalue weighted by molar-refractivity contribution is -0.384. The van der Waals surface area contributed by atoms with Gasteiger partial charge in [0.15, 0.2) is 0 Å². The van der Waals surface area contributed by atoms with E-state index in [9.17, 15) is 14.5 Å². The summed E-state index contributed by atoms with van der Waals surface area (Å²) in [6.45, 7) is 1.70. The van der Waals surface area contributed by atoms with Gasteiger partial charge in [-0.2, -0.15) is 0 Å². The van der Waals surface area contributed by atoms with Crippen molar-refractivity contribution in [2.75, 3.05) is 0 Å². The van der Waals surface area contributed by atoms with Gasteiger partial charge >= 0.3 is 0 Å². The van der Waals surface area contributed by atoms with Gasteiger partial charge in [-0.25, -0.2) is 4.39 Å². The monoisotopic (exact) mass is 339 g/mol. The van der Waals surface area contributed by atoms with Crippen molar-refractivity contribution in [1.29, 1.82) is 0 Å². The predicted octanol–water partition coefficient (Wildman–Crippen LogP) is 4.73. The van der Waals surface area contributed by atoms with Crippen molar-refractivity contribution in [2.45, 2.75) is 12.3 Å². The number of benzene rings is 2. The quantitative estimate of drug-likeness (QED) is 0.459. The average molecular weight is 340 g/mol. The summed E-state index contributed by atoms with van der Waals surface area (Å²) < 4.78 is 19.3. The number of nitro benzene ring substituents is 1. The predicted molar refractivity (Wildman–Crippen MR) is 76.9 cm³/mol. The van der Waals surface area contributed by atoms with Crippen LogP contribution in [0.5, 0.6) is 11.5 Å². The van der Waals surface area contributed by atoms with E-state index < -0.39 is 4.92 Å². The minimum Gasteiger partial charge on any atom is -0.457 e. The van der Waals surface area contributed by atoms with E-state index in [-0.39, 0.29) is 11.5 Å². The first-order chi connectivity index (χ1) is 9.52. The van der Waals surface area contributed by atoms with E-state index >= 15 is 0 Å². The van der Waals surface area contributed by atoms with Crippen molar-refractivity contribution < 1.29 is 14.1 Å². The van der Waals surface area contributed by atoms with E-state index in [1.807, 2.05) is 0 Å². The molecular weight excluding hydrogens is 329 g/mol. The molecule has 0 saturated carbocycles. The highest BCUT2D eigenvalue weighted by atomic mass is 79.9. The molecule has 0 atom stereocenters. The Morgan fingerprint density at radius 3 is 2.65 bits per heavy atom. The molecule has 0 unspecified atom stereocenters. The second-order valence-electron chi connectivity index (χ2n) is 4.16. The van der Waals surface area contributed by atoms with Crippen LogP contribution in [0.25, 0.3) is 0 Å². The first-order valence-electron chi connectivity index (χ1n) is 5.79. The Labute approximate surface area is 123 Å². The van der Waals surface area contributed by atoms with Gasteiger partial charge in [0.25, 0.3) is 5.69 Å². The van der Waals surface area contributed by atoms with Crippen LogP contribution in [-0.2, 0) is 5.33 Å². The van der Waals surface area contributed by atoms with E-state index in [4.69, 9.17) is 4.74 Å². The lowest BCUT2D eigenvalue weighted by atomic mass is 10.2. The molecular formula is C14H11BrFNO3. The van der Waals surface area contributed by atoms with Gasteiger partial charge in [0, 0.05) is 23.0 Å². The van der Waals surface area contributed by atoms with E-state index in [0.29, 0.717) is 28.0 Å². The molecule has 6 heteroatoms. The van der Waals surface area contributed by atoms with Crippen molar-refractivity contribution in [1.82, 2.24) is 0 Å². The standard InChI is InChI=1S/C14H11BrFNO3/c1-9-7-10(17(18)19)5-6-13(9)20-14-4-2-3-12(16)11(14)8-15/h2-7H,8H2,1H3. The fraction of sp³-hybridized carbons (Fsp3) is 0.143. The Hall–Kier alpha value is -1.95. The molecule has 0 saturated heterocycles. The van der Waals surface area contributed by atoms with Crippen LogP contribution >= 0.6 is 15.9 Å². The first kappa shape index (κ1) is 14.5. The molecule has 20 heavy (non-hydrogen) atoms. The molecule has 0 aliphatic carbocycles. The van der Waals surface area contributed by atoms with Crippen molar-refractivity contribution in [3.63, 3.8) is 0 Å². The zero-order chi connectivity index (χ0) is 14.7. The summed E-state index contributed by atoms with van der Waals surface area (Å²) >= 11 is 3.21. The van der Waals surface area contributed by atoms with Gasteiger partial charge in [0.05, 0.1) is 4.92 Å². The molecule has 2 aromatic carbocycles. The maximum Gasteiger partial charge on any atom is 0.269 e. The molecule has 0 fully saturated rings. The Bertz CT molecular complexity index is 661. The Morgan fingerprint density at radius 2 is 2.05 bits per heavy atom. The van der Waals surface area contributed by atoms with Crippen LogP contribution in [0.3, 0.4) is 0 Å². The highest BCUT2D eigenvalue weighted by Gasteiger charge is 2.13. The zero-order valence-corrected chi connectivity index (χ0v) is 12.2. The second kappa shape index (κ2) is 6.00. The van der Waals surface area contributed by atoms with E-state index in [2.05, 4.69) is 15.9 Å². The number of nitro groups is 1. The minimum atomic E-state index is -0.469. The fourth-order valence-electron chi connectivity index (χ4n) is 1.74. The Kier molecular flexibility index (Phi) is 4.34. The Balaban J connectivity index is 2.36. The second-order valence-corrected chi connectivity index (χ2v) is 4.72. The molecule has 0 aliphatic rings. The van der Waals surface area contributed by atoms with Crippen molar-refractivity contribution in [2.24, 2.45) is 0 Å². The highest BCUT2D eigenvalue weighted by Crippen LogP contribution is 2.32. The number of halogens is 2. The van der Waals surface area contributed by atoms with Gasteiger partial charge in [0.1, 0.15) is 17.3 Å². The van der Waals surface area contributed by atoms with Gasteiger partial charge in [-0.15, -0.1) is 0 Å². The van der Waals surface area contributed by atoms with Crippen LogP contribution in [0.1, 0.15) is 11.1 Å². The number of rotatable bonds is 4. The average Bonchev–Trinajstić information content (AvgIpc) is 2.41. The van der Waals surface area contributed by atoms with Crippen LogP contribution in [0.15, 0.2) is 36.4 Å². The molecule has 0 N–H and O–H groups in total. The molecule has 0 heterocycles. The van der Waals surface area contributed by atoms with Crippen molar-refractivity contribution >= 4 is 21.6 Å². The number of alkyl halides is 1. The lowest BCUT2D eigenvalue weighted by Crippen LogP contribution is -1.95. The van der Waals surface area contributed by atoms with Gasteiger partial charge in [-0.3, -0.25) is 10.1 Å². The molecule has 0 bridgehead atoms. The van der Waals surface area contributed by atoms with Crippen LogP contribution in [-0.4, -0.2) is 4.92 Å². The largest absolute Gasteiger partial charge is 0.457 e. The smallest absolute Gasteiger partial charge is 0.269 e. The molecule has 0 spiro atoms. The Morgan fingerprint density at radius 1 is 1.30 bits per heavy atom. The summed E-state index contributed by atoms with van der Waals surface area (Å²) in [6, 6.07) is 8.85. The fourth-order valence-corrected chi connectivity index (χ4v) is 2.29. The molecule has 104 valence electrons. The summed E-state index contributed by atoms with van der Waals surface area (Å²) in [5.41, 5.74) is 1.02. The number of hydrogen-bond donors (Lipinski definition) is 0. The zero-order valence-electron chi connectivity index (χ0n) is 10.6. The molecule has 0 radical (unpaired) electrons. The van der Waals surface area contributed by atoms with Crippen LogP contribution in [0, 0.1) is 22.9 Å². The van der Waals surface area contributed by atoms with Gasteiger partial charge in [-0.1, -0.05) is 22.0 Å². The number of nitrogens with zero attached hydrogens (tertiary/aromatic N) is 1. The third-order valence-electron chi connectivity index (χ3n) is 2.80. The summed E-state index contributed by atoms with van der Waals surface area (Å²) in [5, 5.41) is 11.0. The normalized spacial score (nSPS) is 10.3. The van der Waals surface area contributed by atoms with Crippen molar-refractivity contribution in [3.8, 4) is 11.5 Å². The molecule has 0 aromatic heterocycles. The third kappa shape index (κ3) is 2.96. The number of ether oxygens (including phenoxy) is 1. The molecule has 4 nitrogen and oxygen atoms in total. The van der Waals surface area contributed by atoms with E-state index in [1.165, 1.54) is 24.3 Å². The van der Waals surface area contributed by atoms with Gasteiger partial charge in [0.2, 0.25) is 0 Å². The lowest BCUT2D eigenvalue weighted by Gasteiger charge is -2.12. The van der Waals surface area contributed by atoms with Gasteiger partial charge < -0.3 is 4.74 Å². The summed E-state index contributed by atoms with van der Waals surface area (Å²) in [5.74, 6) is 0.487. The summed E-state index contributed by atoms with van der Waals surface area (Å²) in [7, 11) is 0. The molecule has 0 aliphatic heterocycles. The number of hydrogen-bond acceptors (Lipinski definition) is 3. The van der Waals surface area contributed by atoms with Crippen LogP contribution in [0.2, 0.25) is 0 Å². The molecule has 2 aromatic rings. The number of aryl methyl sites for hydroxylation is 1. The van der Waals surface area contributed by atoms with Crippen LogP contribution < -0.4 is 4.74 Å². The van der Waals surface area contributed by atoms with Gasteiger partial charge in [-0.05, 0) is 30.7 Å². The first-order valence-corrected chi connectivity index (χ1v) is 6.91. The minimum absolute atomic E-state index is 0.00481. The van der Waals surface area contributed by atoms with Crippen molar-refractivity contribution in [3.05, 3.63) is 63.5 Å². The highest BCUT2D eigenvalue weighted by molar-refractivity contribution is 9.08. The van der Waals surface area contributed by atoms with Crippen LogP contribution in [0.4, 0.5) is 10.1 Å². The maximum atomic E-state index is 13.6. The third-order valence-corrected chi connectivity index (χ3v) is 3.36. The SMILES string of the molecule is Cc1cc([N+](=O)[O-])ccc1Oc1cccc(F)c1CBr. The maximum absolute atomic E-state index is 13.6. The molecule has 0 amide bonds.